The molecule has 2 aliphatic carbocycles. The van der Waals surface area contributed by atoms with Crippen LogP contribution in [-0.4, -0.2) is 10.9 Å². The highest BCUT2D eigenvalue weighted by molar-refractivity contribution is 5.82. The molecule has 0 radical (unpaired) electrons. The highest BCUT2D eigenvalue weighted by Crippen LogP contribution is 2.40. The van der Waals surface area contributed by atoms with E-state index in [2.05, 4.69) is 23.3 Å². The molecule has 0 aliphatic heterocycles. The number of nitrogens with zero attached hydrogens (tertiary/aromatic N) is 2. The molecule has 2 aliphatic rings. The van der Waals surface area contributed by atoms with Crippen molar-refractivity contribution in [3.63, 3.8) is 0 Å². The average molecular weight is 307 g/mol. The molecule has 118 valence electrons. The van der Waals surface area contributed by atoms with E-state index < -0.39 is 0 Å². The fraction of sp³-hybridized carbons (Fsp3) is 0.421. The molecule has 0 saturated heterocycles. The minimum Gasteiger partial charge on any atom is -0.325 e. The van der Waals surface area contributed by atoms with E-state index in [1.165, 1.54) is 0 Å². The minimum absolute atomic E-state index is 0.0792. The molecule has 23 heavy (non-hydrogen) atoms. The van der Waals surface area contributed by atoms with Crippen LogP contribution >= 0.6 is 0 Å². The Morgan fingerprint density at radius 2 is 2.26 bits per heavy atom. The van der Waals surface area contributed by atoms with Gasteiger partial charge in [0.15, 0.2) is 0 Å². The molecule has 1 atom stereocenters. The molecular formula is C19H21N3O. The Balaban J connectivity index is 1.76. The molecule has 0 spiro atoms. The molecule has 4 nitrogen and oxygen atoms in total. The van der Waals surface area contributed by atoms with E-state index in [-0.39, 0.29) is 5.91 Å². The van der Waals surface area contributed by atoms with Crippen LogP contribution in [0.2, 0.25) is 0 Å². The SMILES string of the molecule is CC1=C(NC(=O)Cc2cccnc2C2CC2)C(C#N)=CC[C@H]1C. The highest BCUT2D eigenvalue weighted by atomic mass is 16.1. The number of nitrogens with one attached hydrogen (secondary N) is 1. The van der Waals surface area contributed by atoms with Crippen molar-refractivity contribution < 1.29 is 4.79 Å². The average Bonchev–Trinajstić information content (AvgIpc) is 3.37. The van der Waals surface area contributed by atoms with Gasteiger partial charge in [-0.15, -0.1) is 0 Å². The number of carbonyl (C=O) groups is 1. The van der Waals surface area contributed by atoms with Gasteiger partial charge in [0.05, 0.1) is 17.7 Å². The molecule has 1 fully saturated rings. The predicted octanol–water partition coefficient (Wildman–Crippen LogP) is 3.38. The van der Waals surface area contributed by atoms with E-state index >= 15 is 0 Å². The Hall–Kier alpha value is -2.41. The van der Waals surface area contributed by atoms with Crippen LogP contribution in [0.3, 0.4) is 0 Å². The van der Waals surface area contributed by atoms with E-state index in [0.29, 0.717) is 29.5 Å². The lowest BCUT2D eigenvalue weighted by molar-refractivity contribution is -0.119. The molecule has 1 aromatic heterocycles. The molecule has 1 heterocycles. The first-order valence-electron chi connectivity index (χ1n) is 8.15. The number of amides is 1. The van der Waals surface area contributed by atoms with Crippen molar-refractivity contribution >= 4 is 5.91 Å². The summed E-state index contributed by atoms with van der Waals surface area (Å²) in [5.41, 5.74) is 4.39. The van der Waals surface area contributed by atoms with E-state index in [0.717, 1.165) is 36.1 Å². The lowest BCUT2D eigenvalue weighted by Crippen LogP contribution is -2.28. The number of carbonyl (C=O) groups excluding carboxylic acids is 1. The van der Waals surface area contributed by atoms with Crippen LogP contribution in [0.15, 0.2) is 41.2 Å². The third-order valence-electron chi connectivity index (χ3n) is 4.70. The summed E-state index contributed by atoms with van der Waals surface area (Å²) in [7, 11) is 0. The fourth-order valence-electron chi connectivity index (χ4n) is 2.98. The van der Waals surface area contributed by atoms with Crippen LogP contribution in [0.5, 0.6) is 0 Å². The number of hydrogen-bond donors (Lipinski definition) is 1. The second-order valence-corrected chi connectivity index (χ2v) is 6.47. The van der Waals surface area contributed by atoms with E-state index in [1.807, 2.05) is 25.1 Å². The van der Waals surface area contributed by atoms with Gasteiger partial charge in [-0.2, -0.15) is 5.26 Å². The summed E-state index contributed by atoms with van der Waals surface area (Å²) in [4.78, 5) is 16.9. The van der Waals surface area contributed by atoms with Crippen LogP contribution in [0, 0.1) is 17.2 Å². The van der Waals surface area contributed by atoms with Crippen molar-refractivity contribution in [2.24, 2.45) is 5.92 Å². The first-order chi connectivity index (χ1) is 11.1. The standard InChI is InChI=1S/C19H21N3O/c1-12-5-6-16(11-20)18(13(12)2)22-17(23)10-15-4-3-9-21-19(15)14-7-8-14/h3-4,6,9,12,14H,5,7-8,10H2,1-2H3,(H,22,23)/t12-/m1/s1. The zero-order valence-corrected chi connectivity index (χ0v) is 13.6. The zero-order valence-electron chi connectivity index (χ0n) is 13.6. The van der Waals surface area contributed by atoms with Crippen molar-refractivity contribution in [3.8, 4) is 6.07 Å². The molecule has 0 aromatic carbocycles. The monoisotopic (exact) mass is 307 g/mol. The van der Waals surface area contributed by atoms with Crippen molar-refractivity contribution in [1.29, 1.82) is 5.26 Å². The lowest BCUT2D eigenvalue weighted by Gasteiger charge is -2.22. The Morgan fingerprint density at radius 3 is 2.96 bits per heavy atom. The summed E-state index contributed by atoms with van der Waals surface area (Å²) in [5.74, 6) is 0.788. The van der Waals surface area contributed by atoms with E-state index in [4.69, 9.17) is 0 Å². The van der Waals surface area contributed by atoms with Crippen molar-refractivity contribution in [2.45, 2.75) is 45.4 Å². The Kier molecular flexibility index (Phi) is 4.29. The zero-order chi connectivity index (χ0) is 16.4. The molecule has 3 rings (SSSR count). The van der Waals surface area contributed by atoms with Crippen LogP contribution in [0.4, 0.5) is 0 Å². The van der Waals surface area contributed by atoms with Gasteiger partial charge in [-0.1, -0.05) is 19.1 Å². The Labute approximate surface area is 136 Å². The number of hydrogen-bond acceptors (Lipinski definition) is 3. The number of pyridine rings is 1. The van der Waals surface area contributed by atoms with Gasteiger partial charge in [-0.05, 0) is 49.3 Å². The maximum absolute atomic E-state index is 12.5. The maximum Gasteiger partial charge on any atom is 0.228 e. The summed E-state index contributed by atoms with van der Waals surface area (Å²) in [6.07, 6.45) is 7.18. The first kappa shape index (κ1) is 15.5. The first-order valence-corrected chi connectivity index (χ1v) is 8.15. The van der Waals surface area contributed by atoms with Crippen LogP contribution in [-0.2, 0) is 11.2 Å². The topological polar surface area (TPSA) is 65.8 Å². The smallest absolute Gasteiger partial charge is 0.228 e. The van der Waals surface area contributed by atoms with Crippen LogP contribution in [0.25, 0.3) is 0 Å². The van der Waals surface area contributed by atoms with Crippen molar-refractivity contribution in [3.05, 3.63) is 52.5 Å². The van der Waals surface area contributed by atoms with Crippen molar-refractivity contribution in [2.75, 3.05) is 0 Å². The van der Waals surface area contributed by atoms with Crippen LogP contribution < -0.4 is 5.32 Å². The predicted molar refractivity (Wildman–Crippen MR) is 88.2 cm³/mol. The molecule has 0 bridgehead atoms. The van der Waals surface area contributed by atoms with Gasteiger partial charge in [0.25, 0.3) is 0 Å². The number of nitriles is 1. The van der Waals surface area contributed by atoms with E-state index in [1.54, 1.807) is 6.20 Å². The molecular weight excluding hydrogens is 286 g/mol. The molecule has 4 heteroatoms. The van der Waals surface area contributed by atoms with Gasteiger partial charge >= 0.3 is 0 Å². The third kappa shape index (κ3) is 3.34. The number of aromatic nitrogens is 1. The molecule has 1 amide bonds. The minimum atomic E-state index is -0.0792. The summed E-state index contributed by atoms with van der Waals surface area (Å²) in [5, 5.41) is 12.2. The van der Waals surface area contributed by atoms with Gasteiger partial charge < -0.3 is 5.32 Å². The fourth-order valence-corrected chi connectivity index (χ4v) is 2.98. The van der Waals surface area contributed by atoms with Gasteiger partial charge in [-0.25, -0.2) is 0 Å². The molecule has 1 aromatic rings. The Bertz CT molecular complexity index is 735. The largest absolute Gasteiger partial charge is 0.325 e. The summed E-state index contributed by atoms with van der Waals surface area (Å²) >= 11 is 0. The quantitative estimate of drug-likeness (QED) is 0.927. The van der Waals surface area contributed by atoms with Gasteiger partial charge in [-0.3, -0.25) is 9.78 Å². The number of rotatable bonds is 4. The van der Waals surface area contributed by atoms with Crippen molar-refractivity contribution in [1.82, 2.24) is 10.3 Å². The maximum atomic E-state index is 12.5. The summed E-state index contributed by atoms with van der Waals surface area (Å²) in [6, 6.07) is 6.05. The highest BCUT2D eigenvalue weighted by Gasteiger charge is 2.28. The van der Waals surface area contributed by atoms with E-state index in [9.17, 15) is 10.1 Å². The lowest BCUT2D eigenvalue weighted by atomic mass is 9.88. The second kappa shape index (κ2) is 6.37. The molecule has 0 unspecified atom stereocenters. The normalized spacial score (nSPS) is 20.7. The van der Waals surface area contributed by atoms with Gasteiger partial charge in [0.1, 0.15) is 6.07 Å². The van der Waals surface area contributed by atoms with Gasteiger partial charge in [0, 0.05) is 17.8 Å². The molecule has 1 N–H and O–H groups in total. The van der Waals surface area contributed by atoms with Gasteiger partial charge in [0.2, 0.25) is 5.91 Å². The van der Waals surface area contributed by atoms with Crippen LogP contribution in [0.1, 0.15) is 50.3 Å². The third-order valence-corrected chi connectivity index (χ3v) is 4.70. The Morgan fingerprint density at radius 1 is 1.48 bits per heavy atom. The summed E-state index contributed by atoms with van der Waals surface area (Å²) in [6.45, 7) is 4.10. The molecule has 1 saturated carbocycles. The summed E-state index contributed by atoms with van der Waals surface area (Å²) < 4.78 is 0. The second-order valence-electron chi connectivity index (χ2n) is 6.47. The number of allylic oxidation sites excluding steroid dienone is 3.